The van der Waals surface area contributed by atoms with Crippen molar-refractivity contribution in [2.75, 3.05) is 13.1 Å². The van der Waals surface area contributed by atoms with Gasteiger partial charge in [0.2, 0.25) is 11.8 Å². The maximum absolute atomic E-state index is 13.4. The standard InChI is InChI=1S/C25H33FN2O2S/c1-3-4-15-27(25(30)21-7-5-6-8-21)18-24(29)28(17-23-14-9-19(2)31-23)16-20-10-12-22(26)13-11-20/h9-14,21H,3-8,15-18H2,1-2H3. The number of unbranched alkanes of at least 4 members (excludes halogenated alkanes) is 1. The number of rotatable bonds is 10. The van der Waals surface area contributed by atoms with Crippen molar-refractivity contribution < 1.29 is 14.0 Å². The van der Waals surface area contributed by atoms with Crippen molar-refractivity contribution in [3.8, 4) is 0 Å². The topological polar surface area (TPSA) is 40.6 Å². The van der Waals surface area contributed by atoms with Crippen molar-refractivity contribution in [1.29, 1.82) is 0 Å². The average molecular weight is 445 g/mol. The summed E-state index contributed by atoms with van der Waals surface area (Å²) in [5.41, 5.74) is 0.880. The Morgan fingerprint density at radius 1 is 1.03 bits per heavy atom. The number of benzene rings is 1. The summed E-state index contributed by atoms with van der Waals surface area (Å²) in [4.78, 5) is 32.3. The summed E-state index contributed by atoms with van der Waals surface area (Å²) in [6, 6.07) is 10.4. The van der Waals surface area contributed by atoms with Crippen LogP contribution >= 0.6 is 11.3 Å². The maximum atomic E-state index is 13.4. The first-order chi connectivity index (χ1) is 15.0. The fraction of sp³-hybridized carbons (Fsp3) is 0.520. The van der Waals surface area contributed by atoms with Gasteiger partial charge in [0.25, 0.3) is 0 Å². The number of hydrogen-bond acceptors (Lipinski definition) is 3. The molecule has 0 spiro atoms. The Morgan fingerprint density at radius 3 is 2.35 bits per heavy atom. The van der Waals surface area contributed by atoms with Gasteiger partial charge in [-0.25, -0.2) is 4.39 Å². The van der Waals surface area contributed by atoms with Crippen LogP contribution in [0.4, 0.5) is 4.39 Å². The van der Waals surface area contributed by atoms with Crippen molar-refractivity contribution in [2.24, 2.45) is 5.92 Å². The van der Waals surface area contributed by atoms with Crippen LogP contribution in [0.5, 0.6) is 0 Å². The Bertz CT molecular complexity index is 859. The molecular weight excluding hydrogens is 411 g/mol. The molecule has 1 aliphatic rings. The molecule has 4 nitrogen and oxygen atoms in total. The number of amides is 2. The zero-order valence-electron chi connectivity index (χ0n) is 18.6. The van der Waals surface area contributed by atoms with E-state index in [1.165, 1.54) is 17.0 Å². The molecule has 168 valence electrons. The van der Waals surface area contributed by atoms with Crippen LogP contribution in [0.15, 0.2) is 36.4 Å². The first kappa shape index (κ1) is 23.5. The SMILES string of the molecule is CCCCN(CC(=O)N(Cc1ccc(F)cc1)Cc1ccc(C)s1)C(=O)C1CCCC1. The number of aryl methyl sites for hydroxylation is 1. The predicted molar refractivity (Wildman–Crippen MR) is 123 cm³/mol. The van der Waals surface area contributed by atoms with Gasteiger partial charge in [0.15, 0.2) is 0 Å². The van der Waals surface area contributed by atoms with Crippen molar-refractivity contribution in [1.82, 2.24) is 9.80 Å². The quantitative estimate of drug-likeness (QED) is 0.482. The lowest BCUT2D eigenvalue weighted by Crippen LogP contribution is -2.44. The summed E-state index contributed by atoms with van der Waals surface area (Å²) in [5, 5.41) is 0. The molecule has 31 heavy (non-hydrogen) atoms. The average Bonchev–Trinajstić information content (AvgIpc) is 3.43. The van der Waals surface area contributed by atoms with Crippen LogP contribution < -0.4 is 0 Å². The highest BCUT2D eigenvalue weighted by molar-refractivity contribution is 7.11. The Labute approximate surface area is 189 Å². The second-order valence-electron chi connectivity index (χ2n) is 8.48. The van der Waals surface area contributed by atoms with E-state index in [2.05, 4.69) is 13.0 Å². The van der Waals surface area contributed by atoms with Gasteiger partial charge in [0, 0.05) is 28.8 Å². The minimum absolute atomic E-state index is 0.0576. The molecule has 0 radical (unpaired) electrons. The second kappa shape index (κ2) is 11.4. The molecule has 2 aromatic rings. The molecule has 1 aromatic heterocycles. The van der Waals surface area contributed by atoms with Gasteiger partial charge in [-0.1, -0.05) is 38.3 Å². The third-order valence-electron chi connectivity index (χ3n) is 5.91. The fourth-order valence-electron chi connectivity index (χ4n) is 4.11. The van der Waals surface area contributed by atoms with Crippen molar-refractivity contribution in [3.05, 3.63) is 57.5 Å². The smallest absolute Gasteiger partial charge is 0.242 e. The van der Waals surface area contributed by atoms with E-state index in [1.807, 2.05) is 13.0 Å². The molecule has 0 aliphatic heterocycles. The Kier molecular flexibility index (Phi) is 8.64. The van der Waals surface area contributed by atoms with Gasteiger partial charge in [-0.05, 0) is 56.0 Å². The zero-order valence-corrected chi connectivity index (χ0v) is 19.4. The molecular formula is C25H33FN2O2S. The van der Waals surface area contributed by atoms with Gasteiger partial charge < -0.3 is 9.80 Å². The lowest BCUT2D eigenvalue weighted by molar-refractivity contribution is -0.143. The summed E-state index contributed by atoms with van der Waals surface area (Å²) >= 11 is 1.67. The molecule has 2 amide bonds. The van der Waals surface area contributed by atoms with Crippen molar-refractivity contribution in [2.45, 2.75) is 65.5 Å². The molecule has 0 atom stereocenters. The summed E-state index contributed by atoms with van der Waals surface area (Å²) in [6.45, 7) is 5.78. The normalized spacial score (nSPS) is 14.0. The largest absolute Gasteiger partial charge is 0.333 e. The zero-order chi connectivity index (χ0) is 22.2. The fourth-order valence-corrected chi connectivity index (χ4v) is 5.02. The second-order valence-corrected chi connectivity index (χ2v) is 9.86. The monoisotopic (exact) mass is 444 g/mol. The Balaban J connectivity index is 1.75. The van der Waals surface area contributed by atoms with Gasteiger partial charge in [0.1, 0.15) is 5.82 Å². The van der Waals surface area contributed by atoms with Gasteiger partial charge in [-0.3, -0.25) is 9.59 Å². The van der Waals surface area contributed by atoms with Crippen molar-refractivity contribution in [3.63, 3.8) is 0 Å². The molecule has 1 heterocycles. The molecule has 1 aliphatic carbocycles. The molecule has 3 rings (SSSR count). The molecule has 0 unspecified atom stereocenters. The van der Waals surface area contributed by atoms with E-state index in [1.54, 1.807) is 33.3 Å². The lowest BCUT2D eigenvalue weighted by Gasteiger charge is -2.29. The highest BCUT2D eigenvalue weighted by atomic mass is 32.1. The third kappa shape index (κ3) is 6.89. The Morgan fingerprint density at radius 2 is 1.74 bits per heavy atom. The van der Waals surface area contributed by atoms with E-state index in [9.17, 15) is 14.0 Å². The van der Waals surface area contributed by atoms with E-state index in [-0.39, 0.29) is 30.1 Å². The molecule has 1 aromatic carbocycles. The van der Waals surface area contributed by atoms with Crippen LogP contribution in [-0.4, -0.2) is 34.7 Å². The van der Waals surface area contributed by atoms with E-state index >= 15 is 0 Å². The minimum Gasteiger partial charge on any atom is -0.333 e. The summed E-state index contributed by atoms with van der Waals surface area (Å²) in [5.74, 6) is -0.149. The molecule has 0 bridgehead atoms. The number of halogens is 1. The van der Waals surface area contributed by atoms with Crippen LogP contribution in [0.25, 0.3) is 0 Å². The minimum atomic E-state index is -0.289. The first-order valence-corrected chi connectivity index (χ1v) is 12.1. The Hall–Kier alpha value is -2.21. The molecule has 0 saturated heterocycles. The number of thiophene rings is 1. The molecule has 1 saturated carbocycles. The number of carbonyl (C=O) groups excluding carboxylic acids is 2. The van der Waals surface area contributed by atoms with Crippen LogP contribution in [0.2, 0.25) is 0 Å². The lowest BCUT2D eigenvalue weighted by atomic mass is 10.1. The number of carbonyl (C=O) groups is 2. The first-order valence-electron chi connectivity index (χ1n) is 11.3. The highest BCUT2D eigenvalue weighted by Gasteiger charge is 2.29. The number of nitrogens with zero attached hydrogens (tertiary/aromatic N) is 2. The van der Waals surface area contributed by atoms with Crippen LogP contribution in [-0.2, 0) is 22.7 Å². The van der Waals surface area contributed by atoms with Gasteiger partial charge in [0.05, 0.1) is 13.1 Å². The summed E-state index contributed by atoms with van der Waals surface area (Å²) in [7, 11) is 0. The van der Waals surface area contributed by atoms with Gasteiger partial charge in [-0.15, -0.1) is 11.3 Å². The predicted octanol–water partition coefficient (Wildman–Crippen LogP) is 5.54. The van der Waals surface area contributed by atoms with E-state index in [0.717, 1.165) is 49.0 Å². The van der Waals surface area contributed by atoms with Gasteiger partial charge in [-0.2, -0.15) is 0 Å². The van der Waals surface area contributed by atoms with E-state index in [4.69, 9.17) is 0 Å². The van der Waals surface area contributed by atoms with E-state index < -0.39 is 0 Å². The summed E-state index contributed by atoms with van der Waals surface area (Å²) < 4.78 is 13.3. The molecule has 6 heteroatoms. The number of hydrogen-bond donors (Lipinski definition) is 0. The summed E-state index contributed by atoms with van der Waals surface area (Å²) in [6.07, 6.45) is 5.94. The van der Waals surface area contributed by atoms with Crippen molar-refractivity contribution >= 4 is 23.2 Å². The van der Waals surface area contributed by atoms with Crippen LogP contribution in [0.1, 0.15) is 60.8 Å². The highest BCUT2D eigenvalue weighted by Crippen LogP contribution is 2.27. The molecule has 1 fully saturated rings. The maximum Gasteiger partial charge on any atom is 0.242 e. The third-order valence-corrected chi connectivity index (χ3v) is 6.89. The van der Waals surface area contributed by atoms with Gasteiger partial charge >= 0.3 is 0 Å². The molecule has 0 N–H and O–H groups in total. The van der Waals surface area contributed by atoms with Crippen LogP contribution in [0.3, 0.4) is 0 Å². The van der Waals surface area contributed by atoms with E-state index in [0.29, 0.717) is 19.6 Å². The van der Waals surface area contributed by atoms with Crippen LogP contribution in [0, 0.1) is 18.7 Å².